The zero-order valence-corrected chi connectivity index (χ0v) is 15.7. The summed E-state index contributed by atoms with van der Waals surface area (Å²) < 4.78 is 5.43. The number of hydrogen-bond donors (Lipinski definition) is 2. The first-order valence-electron chi connectivity index (χ1n) is 9.85. The van der Waals surface area contributed by atoms with Gasteiger partial charge in [-0.25, -0.2) is 9.78 Å². The highest BCUT2D eigenvalue weighted by Gasteiger charge is 2.44. The van der Waals surface area contributed by atoms with Crippen LogP contribution in [0.4, 0.5) is 4.79 Å². The number of piperidine rings is 1. The predicted octanol–water partition coefficient (Wildman–Crippen LogP) is 1.11. The minimum absolute atomic E-state index is 0.0650. The fourth-order valence-electron chi connectivity index (χ4n) is 4.09. The number of rotatable bonds is 5. The molecule has 26 heavy (non-hydrogen) atoms. The second kappa shape index (κ2) is 7.52. The summed E-state index contributed by atoms with van der Waals surface area (Å²) in [6.07, 6.45) is 4.47. The molecule has 2 amide bonds. The third-order valence-electron chi connectivity index (χ3n) is 5.92. The van der Waals surface area contributed by atoms with Crippen LogP contribution in [0.25, 0.3) is 0 Å². The first kappa shape index (κ1) is 17.7. The number of aromatic nitrogens is 3. The molecule has 144 valence electrons. The van der Waals surface area contributed by atoms with Crippen molar-refractivity contribution < 1.29 is 9.53 Å². The molecule has 0 bridgehead atoms. The summed E-state index contributed by atoms with van der Waals surface area (Å²) in [6, 6.07) is 0.0650. The number of nitrogens with one attached hydrogen (secondary N) is 2. The predicted molar refractivity (Wildman–Crippen MR) is 97.0 cm³/mol. The van der Waals surface area contributed by atoms with E-state index in [4.69, 9.17) is 4.74 Å². The topological polar surface area (TPSA) is 86.4 Å². The van der Waals surface area contributed by atoms with Gasteiger partial charge in [-0.05, 0) is 32.6 Å². The molecule has 1 aliphatic carbocycles. The van der Waals surface area contributed by atoms with Crippen molar-refractivity contribution in [1.82, 2.24) is 30.3 Å². The van der Waals surface area contributed by atoms with Crippen LogP contribution in [0, 0.1) is 12.3 Å². The Balaban J connectivity index is 1.26. The highest BCUT2D eigenvalue weighted by molar-refractivity contribution is 5.74. The lowest BCUT2D eigenvalue weighted by atomic mass is 9.97. The molecule has 0 radical (unpaired) electrons. The summed E-state index contributed by atoms with van der Waals surface area (Å²) in [5.41, 5.74) is 0.281. The van der Waals surface area contributed by atoms with Gasteiger partial charge in [0.1, 0.15) is 5.82 Å². The maximum atomic E-state index is 12.7. The van der Waals surface area contributed by atoms with E-state index in [1.165, 1.54) is 12.8 Å². The summed E-state index contributed by atoms with van der Waals surface area (Å²) in [4.78, 5) is 21.5. The smallest absolute Gasteiger partial charge is 0.317 e. The number of carbonyl (C=O) groups is 1. The van der Waals surface area contributed by atoms with Gasteiger partial charge in [-0.3, -0.25) is 10.00 Å². The maximum Gasteiger partial charge on any atom is 0.317 e. The van der Waals surface area contributed by atoms with Crippen LogP contribution >= 0.6 is 0 Å². The van der Waals surface area contributed by atoms with E-state index < -0.39 is 0 Å². The molecule has 1 aromatic rings. The molecule has 3 fully saturated rings. The van der Waals surface area contributed by atoms with E-state index in [2.05, 4.69) is 25.4 Å². The summed E-state index contributed by atoms with van der Waals surface area (Å²) in [6.45, 7) is 8.99. The van der Waals surface area contributed by atoms with Crippen molar-refractivity contribution in [3.05, 3.63) is 11.6 Å². The van der Waals surface area contributed by atoms with Gasteiger partial charge in [0, 0.05) is 50.6 Å². The SMILES string of the molecule is Cc1nc([C@@H]2CCCN(C(=O)NCC3(CN4CCOCC4)CC3)C2)n[nH]1. The Kier molecular flexibility index (Phi) is 5.13. The number of amides is 2. The number of H-pyrrole nitrogens is 1. The molecule has 3 aliphatic rings. The first-order valence-corrected chi connectivity index (χ1v) is 9.85. The van der Waals surface area contributed by atoms with E-state index in [-0.39, 0.29) is 17.4 Å². The van der Waals surface area contributed by atoms with Gasteiger partial charge in [-0.2, -0.15) is 5.10 Å². The fourth-order valence-corrected chi connectivity index (χ4v) is 4.09. The molecule has 8 nitrogen and oxygen atoms in total. The maximum absolute atomic E-state index is 12.7. The van der Waals surface area contributed by atoms with Gasteiger partial charge in [0.15, 0.2) is 5.82 Å². The van der Waals surface area contributed by atoms with E-state index in [0.29, 0.717) is 6.54 Å². The fraction of sp³-hybridized carbons (Fsp3) is 0.833. The number of urea groups is 1. The van der Waals surface area contributed by atoms with Crippen LogP contribution in [0.1, 0.15) is 43.3 Å². The summed E-state index contributed by atoms with van der Waals surface area (Å²) in [5.74, 6) is 1.91. The van der Waals surface area contributed by atoms with Gasteiger partial charge in [-0.1, -0.05) is 0 Å². The highest BCUT2D eigenvalue weighted by Crippen LogP contribution is 2.45. The van der Waals surface area contributed by atoms with Crippen molar-refractivity contribution >= 4 is 6.03 Å². The number of likely N-dealkylation sites (tertiary alicyclic amines) is 1. The molecule has 1 aromatic heterocycles. The van der Waals surface area contributed by atoms with Crippen molar-refractivity contribution in [2.45, 2.75) is 38.5 Å². The lowest BCUT2D eigenvalue weighted by Crippen LogP contribution is -2.48. The van der Waals surface area contributed by atoms with E-state index in [1.54, 1.807) is 0 Å². The number of hydrogen-bond acceptors (Lipinski definition) is 5. The molecule has 0 spiro atoms. The Hall–Kier alpha value is -1.67. The van der Waals surface area contributed by atoms with Gasteiger partial charge >= 0.3 is 6.03 Å². The largest absolute Gasteiger partial charge is 0.379 e. The van der Waals surface area contributed by atoms with Gasteiger partial charge in [-0.15, -0.1) is 0 Å². The van der Waals surface area contributed by atoms with E-state index in [1.807, 2.05) is 11.8 Å². The number of nitrogens with zero attached hydrogens (tertiary/aromatic N) is 4. The van der Waals surface area contributed by atoms with Crippen LogP contribution < -0.4 is 5.32 Å². The van der Waals surface area contributed by atoms with Crippen LogP contribution in [-0.4, -0.2) is 83.5 Å². The zero-order chi connectivity index (χ0) is 18.0. The van der Waals surface area contributed by atoms with Gasteiger partial charge < -0.3 is 15.0 Å². The Labute approximate surface area is 154 Å². The van der Waals surface area contributed by atoms with Gasteiger partial charge in [0.25, 0.3) is 0 Å². The van der Waals surface area contributed by atoms with Crippen molar-refractivity contribution in [1.29, 1.82) is 0 Å². The molecule has 1 saturated carbocycles. The van der Waals surface area contributed by atoms with E-state index in [0.717, 1.165) is 70.4 Å². The molecule has 3 heterocycles. The number of ether oxygens (including phenoxy) is 1. The Bertz CT molecular complexity index is 623. The second-order valence-corrected chi connectivity index (χ2v) is 8.11. The summed E-state index contributed by atoms with van der Waals surface area (Å²) >= 11 is 0. The molecule has 2 aliphatic heterocycles. The molecular formula is C18H30N6O2. The number of morpholine rings is 1. The van der Waals surface area contributed by atoms with Crippen LogP contribution in [0.5, 0.6) is 0 Å². The Morgan fingerprint density at radius 2 is 2.15 bits per heavy atom. The third-order valence-corrected chi connectivity index (χ3v) is 5.92. The van der Waals surface area contributed by atoms with Crippen molar-refractivity contribution in [2.24, 2.45) is 5.41 Å². The standard InChI is InChI=1S/C18H30N6O2/c1-14-20-16(22-21-14)15-3-2-6-24(11-15)17(25)19-12-18(4-5-18)13-23-7-9-26-10-8-23/h15H,2-13H2,1H3,(H,19,25)(H,20,21,22)/t15-/m1/s1. The Morgan fingerprint density at radius 1 is 1.35 bits per heavy atom. The van der Waals surface area contributed by atoms with Crippen molar-refractivity contribution in [2.75, 3.05) is 52.5 Å². The number of aromatic amines is 1. The normalized spacial score (nSPS) is 25.9. The Morgan fingerprint density at radius 3 is 2.85 bits per heavy atom. The third kappa shape index (κ3) is 4.17. The van der Waals surface area contributed by atoms with Crippen LogP contribution in [0.3, 0.4) is 0 Å². The second-order valence-electron chi connectivity index (χ2n) is 8.11. The minimum atomic E-state index is 0.0650. The quantitative estimate of drug-likeness (QED) is 0.820. The van der Waals surface area contributed by atoms with Gasteiger partial charge in [0.05, 0.1) is 13.2 Å². The van der Waals surface area contributed by atoms with E-state index >= 15 is 0 Å². The van der Waals surface area contributed by atoms with E-state index in [9.17, 15) is 4.79 Å². The molecule has 2 saturated heterocycles. The van der Waals surface area contributed by atoms with Crippen molar-refractivity contribution in [3.63, 3.8) is 0 Å². The molecular weight excluding hydrogens is 332 g/mol. The van der Waals surface area contributed by atoms with Crippen LogP contribution in [-0.2, 0) is 4.74 Å². The molecule has 0 unspecified atom stereocenters. The zero-order valence-electron chi connectivity index (χ0n) is 15.7. The van der Waals surface area contributed by atoms with Crippen LogP contribution in [0.15, 0.2) is 0 Å². The molecule has 1 atom stereocenters. The number of aryl methyl sites for hydroxylation is 1. The number of carbonyl (C=O) groups excluding carboxylic acids is 1. The summed E-state index contributed by atoms with van der Waals surface area (Å²) in [7, 11) is 0. The van der Waals surface area contributed by atoms with Gasteiger partial charge in [0.2, 0.25) is 0 Å². The molecule has 4 rings (SSSR count). The van der Waals surface area contributed by atoms with Crippen LogP contribution in [0.2, 0.25) is 0 Å². The first-order chi connectivity index (χ1) is 12.6. The lowest BCUT2D eigenvalue weighted by molar-refractivity contribution is 0.0284. The summed E-state index contributed by atoms with van der Waals surface area (Å²) in [5, 5.41) is 10.4. The molecule has 0 aromatic carbocycles. The average Bonchev–Trinajstić information content (AvgIpc) is 3.29. The monoisotopic (exact) mass is 362 g/mol. The molecule has 2 N–H and O–H groups in total. The molecule has 8 heteroatoms. The van der Waals surface area contributed by atoms with Crippen molar-refractivity contribution in [3.8, 4) is 0 Å². The minimum Gasteiger partial charge on any atom is -0.379 e. The highest BCUT2D eigenvalue weighted by atomic mass is 16.5. The average molecular weight is 362 g/mol. The lowest BCUT2D eigenvalue weighted by Gasteiger charge is -2.33.